The molecule has 0 bridgehead atoms. The van der Waals surface area contributed by atoms with Crippen molar-refractivity contribution in [3.63, 3.8) is 0 Å². The van der Waals surface area contributed by atoms with Crippen LogP contribution in [0.15, 0.2) is 12.1 Å². The topological polar surface area (TPSA) is 26.3 Å². The Bertz CT molecular complexity index is 380. The lowest BCUT2D eigenvalue weighted by Gasteiger charge is -2.04. The number of hydrogen-bond donors (Lipinski definition) is 0. The molecule has 0 amide bonds. The monoisotopic (exact) mass is 176 g/mol. The van der Waals surface area contributed by atoms with Crippen LogP contribution >= 0.6 is 0 Å². The molecule has 2 rings (SSSR count). The average Bonchev–Trinajstić information content (AvgIpc) is 2.38. The first-order chi connectivity index (χ1) is 6.11. The summed E-state index contributed by atoms with van der Waals surface area (Å²) in [4.78, 5) is 11.6. The molecule has 0 aliphatic carbocycles. The van der Waals surface area contributed by atoms with Crippen LogP contribution in [0.25, 0.3) is 0 Å². The first-order valence-corrected chi connectivity index (χ1v) is 4.42. The molecule has 1 atom stereocenters. The summed E-state index contributed by atoms with van der Waals surface area (Å²) in [7, 11) is 0. The molecular weight excluding hydrogens is 164 g/mol. The molecule has 0 saturated carbocycles. The third kappa shape index (κ3) is 1.05. The summed E-state index contributed by atoms with van der Waals surface area (Å²) in [5, 5.41) is 0. The maximum Gasteiger partial charge on any atom is 0.206 e. The number of fused-ring (bicyclic) bond motifs is 1. The molecule has 2 nitrogen and oxygen atoms in total. The minimum absolute atomic E-state index is 0.108. The van der Waals surface area contributed by atoms with E-state index in [-0.39, 0.29) is 11.9 Å². The number of carbonyl (C=O) groups is 1. The fourth-order valence-corrected chi connectivity index (χ4v) is 1.68. The zero-order valence-corrected chi connectivity index (χ0v) is 8.05. The van der Waals surface area contributed by atoms with Crippen molar-refractivity contribution in [2.75, 3.05) is 0 Å². The average molecular weight is 176 g/mol. The van der Waals surface area contributed by atoms with E-state index in [0.717, 1.165) is 22.4 Å². The number of benzene rings is 1. The molecule has 0 radical (unpaired) electrons. The van der Waals surface area contributed by atoms with Gasteiger partial charge in [0.15, 0.2) is 6.10 Å². The number of Topliss-reactive ketones (excluding diaryl/α,β-unsaturated/α-hetero) is 1. The first kappa shape index (κ1) is 8.30. The number of carbonyl (C=O) groups excluding carboxylic acids is 1. The SMILES string of the molecule is Cc1ccc(C)c2c1OC(C)C2=O. The van der Waals surface area contributed by atoms with Gasteiger partial charge in [0, 0.05) is 0 Å². The maximum atomic E-state index is 11.6. The zero-order valence-electron chi connectivity index (χ0n) is 8.05. The Kier molecular flexibility index (Phi) is 1.65. The maximum absolute atomic E-state index is 11.6. The number of ketones is 1. The summed E-state index contributed by atoms with van der Waals surface area (Å²) in [5.74, 6) is 0.883. The molecule has 1 aromatic rings. The van der Waals surface area contributed by atoms with Crippen molar-refractivity contribution in [3.05, 3.63) is 28.8 Å². The molecule has 0 N–H and O–H groups in total. The third-order valence-electron chi connectivity index (χ3n) is 2.47. The smallest absolute Gasteiger partial charge is 0.206 e. The van der Waals surface area contributed by atoms with E-state index >= 15 is 0 Å². The summed E-state index contributed by atoms with van der Waals surface area (Å²) in [6.07, 6.45) is -0.310. The van der Waals surface area contributed by atoms with E-state index in [1.807, 2.05) is 26.0 Å². The lowest BCUT2D eigenvalue weighted by atomic mass is 10.0. The molecule has 1 unspecified atom stereocenters. The predicted octanol–water partition coefficient (Wildman–Crippen LogP) is 2.27. The van der Waals surface area contributed by atoms with Crippen molar-refractivity contribution < 1.29 is 9.53 Å². The van der Waals surface area contributed by atoms with E-state index in [2.05, 4.69) is 0 Å². The molecule has 2 heteroatoms. The van der Waals surface area contributed by atoms with Crippen molar-refractivity contribution in [1.29, 1.82) is 0 Å². The van der Waals surface area contributed by atoms with Crippen LogP contribution < -0.4 is 4.74 Å². The van der Waals surface area contributed by atoms with Gasteiger partial charge in [-0.1, -0.05) is 12.1 Å². The largest absolute Gasteiger partial charge is 0.482 e. The van der Waals surface area contributed by atoms with Gasteiger partial charge < -0.3 is 4.74 Å². The summed E-state index contributed by atoms with van der Waals surface area (Å²) in [6, 6.07) is 3.95. The van der Waals surface area contributed by atoms with Crippen LogP contribution in [0.1, 0.15) is 28.4 Å². The zero-order chi connectivity index (χ0) is 9.59. The van der Waals surface area contributed by atoms with E-state index in [1.165, 1.54) is 0 Å². The normalized spacial score (nSPS) is 19.9. The second kappa shape index (κ2) is 2.59. The lowest BCUT2D eigenvalue weighted by Crippen LogP contribution is -2.15. The van der Waals surface area contributed by atoms with Gasteiger partial charge in [-0.05, 0) is 31.9 Å². The first-order valence-electron chi connectivity index (χ1n) is 4.42. The Balaban J connectivity index is 2.68. The Morgan fingerprint density at radius 3 is 2.46 bits per heavy atom. The van der Waals surface area contributed by atoms with Crippen LogP contribution in [0.3, 0.4) is 0 Å². The van der Waals surface area contributed by atoms with Gasteiger partial charge in [-0.15, -0.1) is 0 Å². The van der Waals surface area contributed by atoms with Crippen molar-refractivity contribution >= 4 is 5.78 Å². The van der Waals surface area contributed by atoms with Gasteiger partial charge in [-0.3, -0.25) is 4.79 Å². The third-order valence-corrected chi connectivity index (χ3v) is 2.47. The molecule has 1 aromatic carbocycles. The van der Waals surface area contributed by atoms with Crippen molar-refractivity contribution in [3.8, 4) is 5.75 Å². The molecule has 1 aliphatic rings. The highest BCUT2D eigenvalue weighted by molar-refractivity contribution is 6.05. The highest BCUT2D eigenvalue weighted by atomic mass is 16.5. The van der Waals surface area contributed by atoms with Gasteiger partial charge in [0.2, 0.25) is 5.78 Å². The number of ether oxygens (including phenoxy) is 1. The molecule has 0 saturated heterocycles. The standard InChI is InChI=1S/C11H12O2/c1-6-4-5-7(2)11-9(6)10(12)8(3)13-11/h4-5,8H,1-3H3. The molecular formula is C11H12O2. The Hall–Kier alpha value is -1.31. The highest BCUT2D eigenvalue weighted by Gasteiger charge is 2.31. The molecule has 1 aliphatic heterocycles. The minimum Gasteiger partial charge on any atom is -0.482 e. The van der Waals surface area contributed by atoms with Gasteiger partial charge in [0.25, 0.3) is 0 Å². The second-order valence-corrected chi connectivity index (χ2v) is 3.53. The molecule has 1 heterocycles. The minimum atomic E-state index is -0.310. The summed E-state index contributed by atoms with van der Waals surface area (Å²) < 4.78 is 5.48. The van der Waals surface area contributed by atoms with E-state index in [1.54, 1.807) is 6.92 Å². The predicted molar refractivity (Wildman–Crippen MR) is 50.3 cm³/mol. The summed E-state index contributed by atoms with van der Waals surface area (Å²) in [5.41, 5.74) is 2.82. The molecule has 0 spiro atoms. The number of hydrogen-bond acceptors (Lipinski definition) is 2. The summed E-state index contributed by atoms with van der Waals surface area (Å²) in [6.45, 7) is 5.70. The van der Waals surface area contributed by atoms with Crippen LogP contribution in [-0.2, 0) is 0 Å². The molecule has 13 heavy (non-hydrogen) atoms. The fraction of sp³-hybridized carbons (Fsp3) is 0.364. The van der Waals surface area contributed by atoms with Crippen molar-refractivity contribution in [2.24, 2.45) is 0 Å². The van der Waals surface area contributed by atoms with Gasteiger partial charge in [0.1, 0.15) is 5.75 Å². The van der Waals surface area contributed by atoms with E-state index in [0.29, 0.717) is 0 Å². The Morgan fingerprint density at radius 2 is 1.85 bits per heavy atom. The van der Waals surface area contributed by atoms with E-state index in [9.17, 15) is 4.79 Å². The van der Waals surface area contributed by atoms with Crippen LogP contribution in [0.5, 0.6) is 5.75 Å². The van der Waals surface area contributed by atoms with Crippen molar-refractivity contribution in [1.82, 2.24) is 0 Å². The highest BCUT2D eigenvalue weighted by Crippen LogP contribution is 2.34. The van der Waals surface area contributed by atoms with Crippen LogP contribution in [0.2, 0.25) is 0 Å². The fourth-order valence-electron chi connectivity index (χ4n) is 1.68. The Labute approximate surface area is 77.5 Å². The van der Waals surface area contributed by atoms with Gasteiger partial charge in [-0.2, -0.15) is 0 Å². The lowest BCUT2D eigenvalue weighted by molar-refractivity contribution is 0.0878. The molecule has 0 aromatic heterocycles. The van der Waals surface area contributed by atoms with Crippen LogP contribution in [-0.4, -0.2) is 11.9 Å². The van der Waals surface area contributed by atoms with Gasteiger partial charge in [0.05, 0.1) is 5.56 Å². The van der Waals surface area contributed by atoms with Gasteiger partial charge >= 0.3 is 0 Å². The van der Waals surface area contributed by atoms with Crippen LogP contribution in [0.4, 0.5) is 0 Å². The molecule has 68 valence electrons. The van der Waals surface area contributed by atoms with E-state index in [4.69, 9.17) is 4.74 Å². The quantitative estimate of drug-likeness (QED) is 0.606. The van der Waals surface area contributed by atoms with Crippen LogP contribution in [0, 0.1) is 13.8 Å². The summed E-state index contributed by atoms with van der Waals surface area (Å²) >= 11 is 0. The molecule has 0 fully saturated rings. The Morgan fingerprint density at radius 1 is 1.23 bits per heavy atom. The van der Waals surface area contributed by atoms with Crippen molar-refractivity contribution in [2.45, 2.75) is 26.9 Å². The number of rotatable bonds is 0. The van der Waals surface area contributed by atoms with Gasteiger partial charge in [-0.25, -0.2) is 0 Å². The second-order valence-electron chi connectivity index (χ2n) is 3.53. The van der Waals surface area contributed by atoms with E-state index < -0.39 is 0 Å². The number of aryl methyl sites for hydroxylation is 2.